The first-order valence-electron chi connectivity index (χ1n) is 7.02. The van der Waals surface area contributed by atoms with Crippen LogP contribution in [0.25, 0.3) is 0 Å². The minimum Gasteiger partial charge on any atom is -0.273 e. The van der Waals surface area contributed by atoms with Crippen LogP contribution in [0, 0.1) is 3.57 Å². The molecule has 0 spiro atoms. The molecule has 0 aromatic heterocycles. The van der Waals surface area contributed by atoms with E-state index in [9.17, 15) is 4.79 Å². The Bertz CT molecular complexity index is 704. The fraction of sp³-hybridized carbons (Fsp3) is 0.176. The van der Waals surface area contributed by atoms with E-state index in [0.717, 1.165) is 19.7 Å². The van der Waals surface area contributed by atoms with Crippen molar-refractivity contribution in [1.82, 2.24) is 5.43 Å². The molecule has 23 heavy (non-hydrogen) atoms. The number of thioether (sulfide) groups is 1. The summed E-state index contributed by atoms with van der Waals surface area (Å²) >= 11 is 9.71. The van der Waals surface area contributed by atoms with Crippen LogP contribution in [0.5, 0.6) is 0 Å². The fourth-order valence-electron chi connectivity index (χ4n) is 1.77. The molecule has 0 aliphatic heterocycles. The molecule has 2 aromatic rings. The van der Waals surface area contributed by atoms with E-state index in [2.05, 4.69) is 33.1 Å². The van der Waals surface area contributed by atoms with Crippen LogP contribution in [-0.4, -0.2) is 17.4 Å². The maximum atomic E-state index is 11.8. The number of carbonyl (C=O) groups excluding carboxylic acids is 1. The van der Waals surface area contributed by atoms with Gasteiger partial charge in [0.1, 0.15) is 0 Å². The maximum absolute atomic E-state index is 11.8. The molecule has 0 fully saturated rings. The molecular formula is C17H16ClIN2OS. The zero-order chi connectivity index (χ0) is 16.7. The summed E-state index contributed by atoms with van der Waals surface area (Å²) in [7, 11) is 0. The van der Waals surface area contributed by atoms with Gasteiger partial charge in [0.25, 0.3) is 0 Å². The van der Waals surface area contributed by atoms with Gasteiger partial charge in [-0.15, -0.1) is 11.8 Å². The normalized spacial score (nSPS) is 11.3. The molecule has 0 atom stereocenters. The van der Waals surface area contributed by atoms with E-state index in [1.165, 1.54) is 0 Å². The molecule has 0 aliphatic rings. The van der Waals surface area contributed by atoms with E-state index in [-0.39, 0.29) is 5.91 Å². The predicted molar refractivity (Wildman–Crippen MR) is 106 cm³/mol. The Morgan fingerprint density at radius 1 is 1.26 bits per heavy atom. The molecule has 3 nitrogen and oxygen atoms in total. The molecular weight excluding hydrogens is 443 g/mol. The Hall–Kier alpha value is -1.05. The Morgan fingerprint density at radius 2 is 2.00 bits per heavy atom. The molecule has 0 saturated carbocycles. The summed E-state index contributed by atoms with van der Waals surface area (Å²) in [6.07, 6.45) is 0.413. The molecule has 0 radical (unpaired) electrons. The van der Waals surface area contributed by atoms with Gasteiger partial charge in [-0.1, -0.05) is 23.7 Å². The SMILES string of the molecule is C/C(=N\NC(=O)CCSc1ccc(Cl)cc1)c1cccc(I)c1. The monoisotopic (exact) mass is 458 g/mol. The highest BCUT2D eigenvalue weighted by Gasteiger charge is 2.03. The summed E-state index contributed by atoms with van der Waals surface area (Å²) in [4.78, 5) is 12.9. The highest BCUT2D eigenvalue weighted by atomic mass is 127. The molecule has 1 N–H and O–H groups in total. The molecule has 6 heteroatoms. The molecule has 2 rings (SSSR count). The van der Waals surface area contributed by atoms with E-state index in [1.54, 1.807) is 11.8 Å². The predicted octanol–water partition coefficient (Wildman–Crippen LogP) is 4.97. The minimum atomic E-state index is -0.0866. The van der Waals surface area contributed by atoms with E-state index in [0.29, 0.717) is 17.2 Å². The van der Waals surface area contributed by atoms with Gasteiger partial charge in [0.05, 0.1) is 5.71 Å². The largest absolute Gasteiger partial charge is 0.273 e. The van der Waals surface area contributed by atoms with Crippen molar-refractivity contribution in [2.75, 3.05) is 5.75 Å². The number of rotatable bonds is 6. The van der Waals surface area contributed by atoms with E-state index < -0.39 is 0 Å². The van der Waals surface area contributed by atoms with Crippen LogP contribution in [0.1, 0.15) is 18.9 Å². The van der Waals surface area contributed by atoms with Crippen LogP contribution in [0.15, 0.2) is 58.5 Å². The van der Waals surface area contributed by atoms with Crippen molar-refractivity contribution in [1.29, 1.82) is 0 Å². The summed E-state index contributed by atoms with van der Waals surface area (Å²) in [5.74, 6) is 0.613. The first-order valence-corrected chi connectivity index (χ1v) is 9.46. The summed E-state index contributed by atoms with van der Waals surface area (Å²) in [6, 6.07) is 15.6. The van der Waals surface area contributed by atoms with Gasteiger partial charge in [0, 0.05) is 25.7 Å². The van der Waals surface area contributed by atoms with Crippen LogP contribution in [0.3, 0.4) is 0 Å². The summed E-state index contributed by atoms with van der Waals surface area (Å²) in [5.41, 5.74) is 4.41. The van der Waals surface area contributed by atoms with E-state index >= 15 is 0 Å². The lowest BCUT2D eigenvalue weighted by molar-refractivity contribution is -0.120. The smallest absolute Gasteiger partial charge is 0.240 e. The van der Waals surface area contributed by atoms with Crippen LogP contribution >= 0.6 is 46.0 Å². The number of hydrogen-bond acceptors (Lipinski definition) is 3. The fourth-order valence-corrected chi connectivity index (χ4v) is 3.29. The third-order valence-corrected chi connectivity index (χ3v) is 4.94. The Balaban J connectivity index is 1.78. The van der Waals surface area contributed by atoms with Gasteiger partial charge >= 0.3 is 0 Å². The minimum absolute atomic E-state index is 0.0866. The number of benzene rings is 2. The van der Waals surface area contributed by atoms with Crippen molar-refractivity contribution in [2.24, 2.45) is 5.10 Å². The zero-order valence-electron chi connectivity index (χ0n) is 12.6. The summed E-state index contributed by atoms with van der Waals surface area (Å²) in [5, 5.41) is 4.88. The molecule has 0 heterocycles. The topological polar surface area (TPSA) is 41.5 Å². The van der Waals surface area contributed by atoms with Gasteiger partial charge in [-0.05, 0) is 71.5 Å². The van der Waals surface area contributed by atoms with E-state index in [1.807, 2.05) is 55.5 Å². The molecule has 0 bridgehead atoms. The van der Waals surface area contributed by atoms with Crippen LogP contribution in [0.2, 0.25) is 5.02 Å². The average Bonchev–Trinajstić information content (AvgIpc) is 2.54. The lowest BCUT2D eigenvalue weighted by atomic mass is 10.1. The number of halogens is 2. The zero-order valence-corrected chi connectivity index (χ0v) is 16.3. The standard InChI is InChI=1S/C17H16ClIN2OS/c1-12(13-3-2-4-15(19)11-13)20-21-17(22)9-10-23-16-7-5-14(18)6-8-16/h2-8,11H,9-10H2,1H3,(H,21,22)/b20-12+. The summed E-state index contributed by atoms with van der Waals surface area (Å²) < 4.78 is 1.14. The van der Waals surface area contributed by atoms with Gasteiger partial charge in [0.15, 0.2) is 0 Å². The lowest BCUT2D eigenvalue weighted by Gasteiger charge is -2.04. The molecule has 1 amide bonds. The van der Waals surface area contributed by atoms with Crippen LogP contribution < -0.4 is 5.43 Å². The van der Waals surface area contributed by atoms with Gasteiger partial charge in [0.2, 0.25) is 5.91 Å². The van der Waals surface area contributed by atoms with Crippen molar-refractivity contribution in [3.05, 3.63) is 62.7 Å². The molecule has 0 aliphatic carbocycles. The highest BCUT2D eigenvalue weighted by Crippen LogP contribution is 2.20. The Kier molecular flexibility index (Phi) is 7.39. The second kappa shape index (κ2) is 9.30. The number of hydrogen-bond donors (Lipinski definition) is 1. The molecule has 0 saturated heterocycles. The second-order valence-corrected chi connectivity index (χ2v) is 7.65. The molecule has 120 valence electrons. The molecule has 0 unspecified atom stereocenters. The van der Waals surface area contributed by atoms with Gasteiger partial charge in [-0.25, -0.2) is 5.43 Å². The number of nitrogens with zero attached hydrogens (tertiary/aromatic N) is 1. The van der Waals surface area contributed by atoms with Crippen molar-refractivity contribution >= 4 is 57.6 Å². The number of nitrogens with one attached hydrogen (secondary N) is 1. The first-order chi connectivity index (χ1) is 11.0. The van der Waals surface area contributed by atoms with Crippen molar-refractivity contribution in [3.8, 4) is 0 Å². The van der Waals surface area contributed by atoms with Crippen LogP contribution in [0.4, 0.5) is 0 Å². The van der Waals surface area contributed by atoms with Crippen molar-refractivity contribution in [2.45, 2.75) is 18.2 Å². The Morgan fingerprint density at radius 3 is 2.70 bits per heavy atom. The highest BCUT2D eigenvalue weighted by molar-refractivity contribution is 14.1. The number of carbonyl (C=O) groups is 1. The third kappa shape index (κ3) is 6.53. The second-order valence-electron chi connectivity index (χ2n) is 4.79. The van der Waals surface area contributed by atoms with Crippen LogP contribution in [-0.2, 0) is 4.79 Å². The number of amides is 1. The lowest BCUT2D eigenvalue weighted by Crippen LogP contribution is -2.19. The first kappa shape index (κ1) is 18.3. The quantitative estimate of drug-likeness (QED) is 0.287. The van der Waals surface area contributed by atoms with Crippen molar-refractivity contribution < 1.29 is 4.79 Å². The number of hydrazone groups is 1. The van der Waals surface area contributed by atoms with Crippen molar-refractivity contribution in [3.63, 3.8) is 0 Å². The average molecular weight is 459 g/mol. The third-order valence-electron chi connectivity index (χ3n) is 3.00. The van der Waals surface area contributed by atoms with E-state index in [4.69, 9.17) is 11.6 Å². The van der Waals surface area contributed by atoms with Gasteiger partial charge in [-0.3, -0.25) is 4.79 Å². The molecule has 2 aromatic carbocycles. The summed E-state index contributed by atoms with van der Waals surface area (Å²) in [6.45, 7) is 1.88. The maximum Gasteiger partial charge on any atom is 0.240 e. The van der Waals surface area contributed by atoms with Gasteiger partial charge in [-0.2, -0.15) is 5.10 Å². The van der Waals surface area contributed by atoms with Gasteiger partial charge < -0.3 is 0 Å². The Labute approximate surface area is 159 Å².